The lowest BCUT2D eigenvalue weighted by molar-refractivity contribution is -0.118. The Balaban J connectivity index is 1.92. The fraction of sp³-hybridized carbons (Fsp3) is 0.235. The number of Topliss-reactive ketones (excluding diaryl/α,β-unsaturated/α-hetero) is 1. The minimum Gasteiger partial charge on any atom is -0.489 e. The molecule has 0 fully saturated rings. The molecule has 0 saturated heterocycles. The normalized spacial score (nSPS) is 10.3. The lowest BCUT2D eigenvalue weighted by atomic mass is 10.1. The Bertz CT molecular complexity index is 576. The fourth-order valence-electron chi connectivity index (χ4n) is 1.85. The smallest absolute Gasteiger partial charge is 0.136 e. The average Bonchev–Trinajstić information content (AvgIpc) is 2.46. The lowest BCUT2D eigenvalue weighted by Gasteiger charge is -2.07. The highest BCUT2D eigenvalue weighted by atomic mass is 19.1. The van der Waals surface area contributed by atoms with Crippen molar-refractivity contribution < 1.29 is 13.9 Å². The van der Waals surface area contributed by atoms with Crippen LogP contribution in [0.3, 0.4) is 0 Å². The summed E-state index contributed by atoms with van der Waals surface area (Å²) in [5.74, 6) is 0.667. The van der Waals surface area contributed by atoms with Gasteiger partial charge < -0.3 is 4.74 Å². The van der Waals surface area contributed by atoms with Crippen molar-refractivity contribution in [2.75, 3.05) is 0 Å². The molecule has 0 N–H and O–H groups in total. The van der Waals surface area contributed by atoms with E-state index in [0.717, 1.165) is 11.1 Å². The van der Waals surface area contributed by atoms with Crippen LogP contribution in [0.4, 0.5) is 4.39 Å². The number of carbonyl (C=O) groups is 1. The molecule has 0 amide bonds. The Kier molecular flexibility index (Phi) is 4.88. The van der Waals surface area contributed by atoms with Crippen LogP contribution in [-0.4, -0.2) is 5.78 Å². The summed E-state index contributed by atoms with van der Waals surface area (Å²) in [5, 5.41) is 0. The van der Waals surface area contributed by atoms with Crippen molar-refractivity contribution in [3.63, 3.8) is 0 Å². The summed E-state index contributed by atoms with van der Waals surface area (Å²) in [7, 11) is 0. The summed E-state index contributed by atoms with van der Waals surface area (Å²) in [4.78, 5) is 11.3. The Morgan fingerprint density at radius 3 is 2.50 bits per heavy atom. The van der Waals surface area contributed by atoms with E-state index in [0.29, 0.717) is 25.2 Å². The highest BCUT2D eigenvalue weighted by Gasteiger charge is 2.02. The lowest BCUT2D eigenvalue weighted by Crippen LogP contribution is -2.00. The molecule has 0 atom stereocenters. The first-order valence-electron chi connectivity index (χ1n) is 6.65. The van der Waals surface area contributed by atoms with Crippen LogP contribution in [0, 0.1) is 5.82 Å². The molecule has 0 bridgehead atoms. The van der Waals surface area contributed by atoms with Gasteiger partial charge in [0, 0.05) is 12.8 Å². The molecule has 0 aliphatic rings. The van der Waals surface area contributed by atoms with Crippen LogP contribution in [0.25, 0.3) is 0 Å². The summed E-state index contributed by atoms with van der Waals surface area (Å²) >= 11 is 0. The van der Waals surface area contributed by atoms with Crippen molar-refractivity contribution in [3.8, 4) is 5.75 Å². The number of carbonyl (C=O) groups excluding carboxylic acids is 1. The Labute approximate surface area is 118 Å². The maximum atomic E-state index is 13.0. The molecule has 0 aromatic heterocycles. The van der Waals surface area contributed by atoms with Crippen LogP contribution in [0.2, 0.25) is 0 Å². The highest BCUT2D eigenvalue weighted by molar-refractivity contribution is 5.80. The minimum atomic E-state index is -0.264. The van der Waals surface area contributed by atoms with E-state index in [9.17, 15) is 9.18 Å². The Hall–Kier alpha value is -2.16. The second-order valence-corrected chi connectivity index (χ2v) is 4.63. The van der Waals surface area contributed by atoms with E-state index in [-0.39, 0.29) is 11.6 Å². The van der Waals surface area contributed by atoms with E-state index < -0.39 is 0 Å². The van der Waals surface area contributed by atoms with E-state index in [1.165, 1.54) is 12.1 Å². The van der Waals surface area contributed by atoms with Crippen LogP contribution >= 0.6 is 0 Å². The first kappa shape index (κ1) is 14.3. The minimum absolute atomic E-state index is 0.221. The van der Waals surface area contributed by atoms with Gasteiger partial charge in [-0.25, -0.2) is 4.39 Å². The molecule has 2 nitrogen and oxygen atoms in total. The summed E-state index contributed by atoms with van der Waals surface area (Å²) in [6, 6.07) is 13.8. The summed E-state index contributed by atoms with van der Waals surface area (Å²) < 4.78 is 18.6. The maximum absolute atomic E-state index is 13.0. The Morgan fingerprint density at radius 2 is 1.85 bits per heavy atom. The van der Waals surface area contributed by atoms with Gasteiger partial charge >= 0.3 is 0 Å². The molecule has 0 radical (unpaired) electrons. The predicted molar refractivity (Wildman–Crippen MR) is 76.2 cm³/mol. The molecule has 2 aromatic carbocycles. The molecule has 20 heavy (non-hydrogen) atoms. The van der Waals surface area contributed by atoms with Gasteiger partial charge in [-0.2, -0.15) is 0 Å². The number of ether oxygens (including phenoxy) is 1. The largest absolute Gasteiger partial charge is 0.489 e. The number of benzene rings is 2. The van der Waals surface area contributed by atoms with Crippen molar-refractivity contribution in [2.45, 2.75) is 26.4 Å². The first-order chi connectivity index (χ1) is 9.67. The van der Waals surface area contributed by atoms with E-state index >= 15 is 0 Å². The third kappa shape index (κ3) is 4.19. The third-order valence-corrected chi connectivity index (χ3v) is 3.01. The second-order valence-electron chi connectivity index (χ2n) is 4.63. The zero-order valence-electron chi connectivity index (χ0n) is 11.4. The van der Waals surface area contributed by atoms with Gasteiger partial charge in [-0.1, -0.05) is 31.2 Å². The standard InChI is InChI=1S/C17H17FO2/c1-2-16(19)11-13-6-8-17(9-7-13)20-12-14-4-3-5-15(18)10-14/h3-10H,2,11-12H2,1H3. The van der Waals surface area contributed by atoms with E-state index in [4.69, 9.17) is 4.74 Å². The highest BCUT2D eigenvalue weighted by Crippen LogP contribution is 2.15. The van der Waals surface area contributed by atoms with Gasteiger partial charge in [0.05, 0.1) is 0 Å². The van der Waals surface area contributed by atoms with Gasteiger partial charge in [0.15, 0.2) is 0 Å². The number of ketones is 1. The molecule has 2 rings (SSSR count). The molecule has 0 unspecified atom stereocenters. The molecule has 0 spiro atoms. The zero-order valence-corrected chi connectivity index (χ0v) is 11.4. The summed E-state index contributed by atoms with van der Waals surface area (Å²) in [5.41, 5.74) is 1.77. The fourth-order valence-corrected chi connectivity index (χ4v) is 1.85. The monoisotopic (exact) mass is 272 g/mol. The van der Waals surface area contributed by atoms with Crippen LogP contribution in [0.1, 0.15) is 24.5 Å². The van der Waals surface area contributed by atoms with Crippen LogP contribution < -0.4 is 4.74 Å². The van der Waals surface area contributed by atoms with E-state index in [2.05, 4.69) is 0 Å². The molecule has 0 saturated carbocycles. The first-order valence-corrected chi connectivity index (χ1v) is 6.65. The summed E-state index contributed by atoms with van der Waals surface area (Å²) in [6.07, 6.45) is 1.01. The molecule has 0 heterocycles. The van der Waals surface area contributed by atoms with Gasteiger partial charge in [-0.15, -0.1) is 0 Å². The summed E-state index contributed by atoms with van der Waals surface area (Å²) in [6.45, 7) is 2.18. The van der Waals surface area contributed by atoms with Crippen LogP contribution in [0.5, 0.6) is 5.75 Å². The molecular formula is C17H17FO2. The van der Waals surface area contributed by atoms with Gasteiger partial charge in [0.1, 0.15) is 24.0 Å². The van der Waals surface area contributed by atoms with Gasteiger partial charge in [0.25, 0.3) is 0 Å². The van der Waals surface area contributed by atoms with E-state index in [1.807, 2.05) is 37.3 Å². The van der Waals surface area contributed by atoms with Crippen molar-refractivity contribution in [2.24, 2.45) is 0 Å². The molecule has 104 valence electrons. The number of hydrogen-bond acceptors (Lipinski definition) is 2. The van der Waals surface area contributed by atoms with Crippen molar-refractivity contribution >= 4 is 5.78 Å². The SMILES string of the molecule is CCC(=O)Cc1ccc(OCc2cccc(F)c2)cc1. The third-order valence-electron chi connectivity index (χ3n) is 3.01. The molecule has 0 aliphatic heterocycles. The molecule has 2 aromatic rings. The average molecular weight is 272 g/mol. The molecule has 0 aliphatic carbocycles. The number of halogens is 1. The predicted octanol–water partition coefficient (Wildman–Crippen LogP) is 3.93. The van der Waals surface area contributed by atoms with Gasteiger partial charge in [0.2, 0.25) is 0 Å². The van der Waals surface area contributed by atoms with Crippen molar-refractivity contribution in [3.05, 3.63) is 65.5 Å². The van der Waals surface area contributed by atoms with Crippen LogP contribution in [0.15, 0.2) is 48.5 Å². The van der Waals surface area contributed by atoms with E-state index in [1.54, 1.807) is 6.07 Å². The van der Waals surface area contributed by atoms with Gasteiger partial charge in [-0.05, 0) is 35.4 Å². The number of rotatable bonds is 6. The van der Waals surface area contributed by atoms with Gasteiger partial charge in [-0.3, -0.25) is 4.79 Å². The maximum Gasteiger partial charge on any atom is 0.136 e. The van der Waals surface area contributed by atoms with Crippen molar-refractivity contribution in [1.82, 2.24) is 0 Å². The topological polar surface area (TPSA) is 26.3 Å². The number of hydrogen-bond donors (Lipinski definition) is 0. The van der Waals surface area contributed by atoms with Crippen molar-refractivity contribution in [1.29, 1.82) is 0 Å². The second kappa shape index (κ2) is 6.85. The van der Waals surface area contributed by atoms with Crippen LogP contribution in [-0.2, 0) is 17.8 Å². The zero-order chi connectivity index (χ0) is 14.4. The Morgan fingerprint density at radius 1 is 1.10 bits per heavy atom. The quantitative estimate of drug-likeness (QED) is 0.796. The molecular weight excluding hydrogens is 255 g/mol. The molecule has 3 heteroatoms.